The van der Waals surface area contributed by atoms with Crippen molar-refractivity contribution >= 4 is 0 Å². The normalized spacial score (nSPS) is 13.4. The largest absolute Gasteiger partial charge is 0.0654 e. The molecule has 0 rings (SSSR count). The molecular formula is C15H32. The molecule has 0 nitrogen and oxygen atoms in total. The fourth-order valence-corrected chi connectivity index (χ4v) is 1.93. The second-order valence-corrected chi connectivity index (χ2v) is 5.48. The van der Waals surface area contributed by atoms with Crippen LogP contribution >= 0.6 is 0 Å². The van der Waals surface area contributed by atoms with Gasteiger partial charge >= 0.3 is 0 Å². The van der Waals surface area contributed by atoms with Gasteiger partial charge in [-0.2, -0.15) is 0 Å². The van der Waals surface area contributed by atoms with Gasteiger partial charge in [0, 0.05) is 0 Å². The Hall–Kier alpha value is 0. The summed E-state index contributed by atoms with van der Waals surface area (Å²) < 4.78 is 0. The van der Waals surface area contributed by atoms with E-state index in [1.807, 2.05) is 0 Å². The lowest BCUT2D eigenvalue weighted by Crippen LogP contribution is -2.03. The molecular weight excluding hydrogens is 180 g/mol. The Morgan fingerprint density at radius 3 is 1.60 bits per heavy atom. The highest BCUT2D eigenvalue weighted by molar-refractivity contribution is 4.57. The van der Waals surface area contributed by atoms with Crippen LogP contribution in [-0.4, -0.2) is 0 Å². The monoisotopic (exact) mass is 212 g/mol. The molecule has 0 aromatic heterocycles. The van der Waals surface area contributed by atoms with Gasteiger partial charge in [0.05, 0.1) is 0 Å². The summed E-state index contributed by atoms with van der Waals surface area (Å²) in [7, 11) is 0. The lowest BCUT2D eigenvalue weighted by Gasteiger charge is -2.14. The molecule has 92 valence electrons. The molecule has 0 aliphatic heterocycles. The third kappa shape index (κ3) is 10.3. The van der Waals surface area contributed by atoms with E-state index < -0.39 is 0 Å². The summed E-state index contributed by atoms with van der Waals surface area (Å²) in [6.45, 7) is 9.37. The zero-order valence-electron chi connectivity index (χ0n) is 11.5. The summed E-state index contributed by atoms with van der Waals surface area (Å²) in [6, 6.07) is 0. The lowest BCUT2D eigenvalue weighted by molar-refractivity contribution is 0.374. The van der Waals surface area contributed by atoms with Gasteiger partial charge in [-0.1, -0.05) is 85.5 Å². The van der Waals surface area contributed by atoms with Crippen molar-refractivity contribution in [3.05, 3.63) is 0 Å². The minimum atomic E-state index is 0.870. The van der Waals surface area contributed by atoms with Gasteiger partial charge in [0.1, 0.15) is 0 Å². The summed E-state index contributed by atoms with van der Waals surface area (Å²) in [5, 5.41) is 0. The van der Waals surface area contributed by atoms with Gasteiger partial charge < -0.3 is 0 Å². The standard InChI is InChI=1S/C15H32/c1-5-6-7-8-9-10-11-12-13-15(4)14(2)3/h14-15H,5-13H2,1-4H3. The molecule has 0 bridgehead atoms. The van der Waals surface area contributed by atoms with Gasteiger partial charge in [-0.15, -0.1) is 0 Å². The second-order valence-electron chi connectivity index (χ2n) is 5.48. The number of unbranched alkanes of at least 4 members (excludes halogenated alkanes) is 7. The molecule has 0 heterocycles. The maximum absolute atomic E-state index is 2.39. The Bertz CT molecular complexity index is 115. The fourth-order valence-electron chi connectivity index (χ4n) is 1.93. The highest BCUT2D eigenvalue weighted by atomic mass is 14.1. The zero-order chi connectivity index (χ0) is 11.5. The summed E-state index contributed by atoms with van der Waals surface area (Å²) >= 11 is 0. The van der Waals surface area contributed by atoms with E-state index in [2.05, 4.69) is 27.7 Å². The van der Waals surface area contributed by atoms with Crippen molar-refractivity contribution in [1.82, 2.24) is 0 Å². The van der Waals surface area contributed by atoms with Gasteiger partial charge in [0.25, 0.3) is 0 Å². The van der Waals surface area contributed by atoms with Crippen LogP contribution in [0.4, 0.5) is 0 Å². The van der Waals surface area contributed by atoms with Crippen LogP contribution in [0, 0.1) is 11.8 Å². The van der Waals surface area contributed by atoms with E-state index in [1.165, 1.54) is 57.8 Å². The van der Waals surface area contributed by atoms with E-state index >= 15 is 0 Å². The molecule has 0 aliphatic carbocycles. The number of hydrogen-bond acceptors (Lipinski definition) is 0. The van der Waals surface area contributed by atoms with Gasteiger partial charge in [-0.25, -0.2) is 0 Å². The molecule has 0 aliphatic rings. The van der Waals surface area contributed by atoms with Gasteiger partial charge in [-0.05, 0) is 11.8 Å². The van der Waals surface area contributed by atoms with Crippen LogP contribution in [0.5, 0.6) is 0 Å². The first kappa shape index (κ1) is 15.0. The molecule has 15 heavy (non-hydrogen) atoms. The van der Waals surface area contributed by atoms with Crippen molar-refractivity contribution in [1.29, 1.82) is 0 Å². The average molecular weight is 212 g/mol. The van der Waals surface area contributed by atoms with Crippen LogP contribution in [0.3, 0.4) is 0 Å². The van der Waals surface area contributed by atoms with Crippen LogP contribution in [0.25, 0.3) is 0 Å². The Balaban J connectivity index is 3.05. The van der Waals surface area contributed by atoms with Crippen molar-refractivity contribution in [2.75, 3.05) is 0 Å². The molecule has 0 aromatic rings. The molecule has 0 saturated heterocycles. The van der Waals surface area contributed by atoms with Crippen LogP contribution < -0.4 is 0 Å². The maximum Gasteiger partial charge on any atom is -0.0420 e. The fraction of sp³-hybridized carbons (Fsp3) is 1.00. The molecule has 0 spiro atoms. The Morgan fingerprint density at radius 2 is 1.13 bits per heavy atom. The van der Waals surface area contributed by atoms with Crippen LogP contribution in [-0.2, 0) is 0 Å². The first-order valence-electron chi connectivity index (χ1n) is 7.18. The summed E-state index contributed by atoms with van der Waals surface area (Å²) in [5.41, 5.74) is 0. The van der Waals surface area contributed by atoms with E-state index in [9.17, 15) is 0 Å². The van der Waals surface area contributed by atoms with Crippen molar-refractivity contribution < 1.29 is 0 Å². The van der Waals surface area contributed by atoms with E-state index in [1.54, 1.807) is 0 Å². The predicted octanol–water partition coefficient (Wildman–Crippen LogP) is 5.81. The van der Waals surface area contributed by atoms with Crippen molar-refractivity contribution in [3.63, 3.8) is 0 Å². The SMILES string of the molecule is CCCCCCCCCCC(C)C(C)C. The predicted molar refractivity (Wildman–Crippen MR) is 71.2 cm³/mol. The van der Waals surface area contributed by atoms with Crippen LogP contribution in [0.15, 0.2) is 0 Å². The average Bonchev–Trinajstić information content (AvgIpc) is 2.21. The smallest absolute Gasteiger partial charge is 0.0420 e. The van der Waals surface area contributed by atoms with E-state index in [0.717, 1.165) is 11.8 Å². The molecule has 0 fully saturated rings. The van der Waals surface area contributed by atoms with Gasteiger partial charge in [0.2, 0.25) is 0 Å². The van der Waals surface area contributed by atoms with Crippen molar-refractivity contribution in [3.8, 4) is 0 Å². The van der Waals surface area contributed by atoms with E-state index in [4.69, 9.17) is 0 Å². The summed E-state index contributed by atoms with van der Waals surface area (Å²) in [5.74, 6) is 1.79. The molecule has 0 aromatic carbocycles. The maximum atomic E-state index is 2.39. The summed E-state index contributed by atoms with van der Waals surface area (Å²) in [4.78, 5) is 0. The Kier molecular flexibility index (Phi) is 10.5. The highest BCUT2D eigenvalue weighted by Gasteiger charge is 2.05. The minimum Gasteiger partial charge on any atom is -0.0654 e. The third-order valence-corrected chi connectivity index (χ3v) is 3.65. The summed E-state index contributed by atoms with van der Waals surface area (Å²) in [6.07, 6.45) is 13.0. The van der Waals surface area contributed by atoms with Gasteiger partial charge in [-0.3, -0.25) is 0 Å². The molecule has 0 N–H and O–H groups in total. The van der Waals surface area contributed by atoms with Gasteiger partial charge in [0.15, 0.2) is 0 Å². The van der Waals surface area contributed by atoms with Crippen LogP contribution in [0.2, 0.25) is 0 Å². The molecule has 0 amide bonds. The molecule has 1 unspecified atom stereocenters. The number of rotatable bonds is 10. The van der Waals surface area contributed by atoms with Crippen molar-refractivity contribution in [2.45, 2.75) is 85.5 Å². The highest BCUT2D eigenvalue weighted by Crippen LogP contribution is 2.18. The molecule has 0 radical (unpaired) electrons. The van der Waals surface area contributed by atoms with E-state index in [0.29, 0.717) is 0 Å². The second kappa shape index (κ2) is 10.5. The zero-order valence-corrected chi connectivity index (χ0v) is 11.5. The third-order valence-electron chi connectivity index (χ3n) is 3.65. The topological polar surface area (TPSA) is 0 Å². The first-order valence-corrected chi connectivity index (χ1v) is 7.18. The van der Waals surface area contributed by atoms with Crippen LogP contribution in [0.1, 0.15) is 85.5 Å². The van der Waals surface area contributed by atoms with Crippen molar-refractivity contribution in [2.24, 2.45) is 11.8 Å². The number of hydrogen-bond donors (Lipinski definition) is 0. The molecule has 0 saturated carbocycles. The lowest BCUT2D eigenvalue weighted by atomic mass is 9.92. The first-order chi connectivity index (χ1) is 7.18. The van der Waals surface area contributed by atoms with E-state index in [-0.39, 0.29) is 0 Å². The quantitative estimate of drug-likeness (QED) is 0.401. The Labute approximate surface area is 97.8 Å². The minimum absolute atomic E-state index is 0.870. The molecule has 0 heteroatoms. The molecule has 1 atom stereocenters. The Morgan fingerprint density at radius 1 is 0.667 bits per heavy atom.